The summed E-state index contributed by atoms with van der Waals surface area (Å²) in [6.45, 7) is -1.04. The standard InChI is InChI=1S/C72H52N2/c1-3-51-19-15-29-59(47-51)61-39-45-71(67(49-61)57-21-7-5-8-22-57)73(69-33-17-27-55-25-11-13-31-65(55)69)63-41-35-53(36-42-63)54-37-43-64(44-38-54)74(70-34-18-28-56-26-12-14-32-66(56)70)72-46-40-62(60-30-16-20-52(4-2)48-60)50-68(72)58-23-9-6-10-24-58/h3-50H,1-2H2/i1D2,2D2,3D,4D. The monoisotopic (exact) mass is 950 g/mol. The zero-order chi connectivity index (χ0) is 54.7. The molecule has 0 fully saturated rings. The van der Waals surface area contributed by atoms with Gasteiger partial charge in [-0.05, 0) is 139 Å². The van der Waals surface area contributed by atoms with Gasteiger partial charge in [-0.1, -0.05) is 231 Å². The van der Waals surface area contributed by atoms with Crippen molar-refractivity contribution in [2.75, 3.05) is 9.80 Å². The summed E-state index contributed by atoms with van der Waals surface area (Å²) in [5.41, 5.74) is 17.0. The second-order valence-corrected chi connectivity index (χ2v) is 18.4. The first-order valence-electron chi connectivity index (χ1n) is 27.8. The van der Waals surface area contributed by atoms with Gasteiger partial charge in [0.25, 0.3) is 0 Å². The van der Waals surface area contributed by atoms with E-state index in [1.165, 1.54) is 0 Å². The average Bonchev–Trinajstić information content (AvgIpc) is 3.53. The van der Waals surface area contributed by atoms with Gasteiger partial charge >= 0.3 is 0 Å². The Morgan fingerprint density at radius 3 is 1.07 bits per heavy atom. The fourth-order valence-electron chi connectivity index (χ4n) is 10.3. The molecule has 0 saturated carbocycles. The summed E-state index contributed by atoms with van der Waals surface area (Å²) in [5, 5.41) is 4.48. The van der Waals surface area contributed by atoms with Gasteiger partial charge in [-0.3, -0.25) is 0 Å². The molecule has 12 rings (SSSR count). The maximum absolute atomic E-state index is 8.40. The molecule has 0 unspecified atom stereocenters. The summed E-state index contributed by atoms with van der Waals surface area (Å²) in [7, 11) is 0. The van der Waals surface area contributed by atoms with E-state index in [2.05, 4.69) is 228 Å². The van der Waals surface area contributed by atoms with Crippen LogP contribution in [0.4, 0.5) is 34.1 Å². The minimum atomic E-state index is -0.522. The van der Waals surface area contributed by atoms with Gasteiger partial charge in [0.1, 0.15) is 0 Å². The first-order valence-corrected chi connectivity index (χ1v) is 24.8. The first kappa shape index (κ1) is 38.9. The van der Waals surface area contributed by atoms with Crippen molar-refractivity contribution in [1.82, 2.24) is 0 Å². The van der Waals surface area contributed by atoms with Crippen LogP contribution >= 0.6 is 0 Å². The lowest BCUT2D eigenvalue weighted by Gasteiger charge is -2.30. The molecule has 0 atom stereocenters. The molecule has 0 saturated heterocycles. The van der Waals surface area contributed by atoms with E-state index in [9.17, 15) is 0 Å². The highest BCUT2D eigenvalue weighted by Crippen LogP contribution is 2.47. The number of fused-ring (bicyclic) bond motifs is 2. The SMILES string of the molecule is [2H]C([2H])=C([2H])c1cccc(-c2ccc(N(c3ccc(-c4ccc(N(c5ccc(-c6cccc(C([2H])=C([2H])[2H])c6)cc5-c5ccccc5)c5cccc6ccccc56)cc4)cc3)c3cccc4ccccc34)c(-c3ccccc3)c2)c1. The van der Waals surface area contributed by atoms with Crippen molar-refractivity contribution in [2.45, 2.75) is 0 Å². The van der Waals surface area contributed by atoms with E-state index in [0.717, 1.165) is 111 Å². The Labute approximate surface area is 442 Å². The summed E-state index contributed by atoms with van der Waals surface area (Å²) in [5.74, 6) is 0. The lowest BCUT2D eigenvalue weighted by Crippen LogP contribution is -2.12. The van der Waals surface area contributed by atoms with Crippen molar-refractivity contribution in [3.05, 3.63) is 303 Å². The van der Waals surface area contributed by atoms with E-state index in [4.69, 9.17) is 8.22 Å². The summed E-state index contributed by atoms with van der Waals surface area (Å²) in [4.78, 5) is 4.69. The van der Waals surface area contributed by atoms with E-state index >= 15 is 0 Å². The number of rotatable bonds is 13. The fraction of sp³-hybridized carbons (Fsp3) is 0. The van der Waals surface area contributed by atoms with Crippen LogP contribution in [0.3, 0.4) is 0 Å². The highest BCUT2D eigenvalue weighted by molar-refractivity contribution is 6.03. The Bertz CT molecular complexity index is 4010. The Balaban J connectivity index is 0.963. The van der Waals surface area contributed by atoms with Gasteiger partial charge < -0.3 is 9.80 Å². The van der Waals surface area contributed by atoms with E-state index in [0.29, 0.717) is 11.1 Å². The predicted molar refractivity (Wildman–Crippen MR) is 318 cm³/mol. The van der Waals surface area contributed by atoms with Crippen LogP contribution in [-0.2, 0) is 0 Å². The van der Waals surface area contributed by atoms with Gasteiger partial charge in [0, 0.05) is 33.3 Å². The minimum absolute atomic E-state index is 0.120. The number of hydrogen-bond acceptors (Lipinski definition) is 2. The molecule has 0 radical (unpaired) electrons. The summed E-state index contributed by atoms with van der Waals surface area (Å²) in [6, 6.07) is 96.1. The van der Waals surface area contributed by atoms with Crippen LogP contribution in [0.2, 0.25) is 0 Å². The lowest BCUT2D eigenvalue weighted by atomic mass is 9.94. The Morgan fingerprint density at radius 2 is 0.635 bits per heavy atom. The van der Waals surface area contributed by atoms with Gasteiger partial charge in [-0.15, -0.1) is 0 Å². The molecule has 12 aromatic rings. The molecule has 350 valence electrons. The Hall–Kier alpha value is -9.76. The van der Waals surface area contributed by atoms with Crippen molar-refractivity contribution in [3.8, 4) is 55.6 Å². The second-order valence-electron chi connectivity index (χ2n) is 18.4. The van der Waals surface area contributed by atoms with Crippen LogP contribution in [0.15, 0.2) is 292 Å². The third-order valence-electron chi connectivity index (χ3n) is 13.9. The molecular weight excluding hydrogens is 893 g/mol. The van der Waals surface area contributed by atoms with Gasteiger partial charge in [0.05, 0.1) is 31.0 Å². The van der Waals surface area contributed by atoms with Gasteiger partial charge in [0.15, 0.2) is 0 Å². The quantitative estimate of drug-likeness (QED) is 0.114. The average molecular weight is 951 g/mol. The fourth-order valence-corrected chi connectivity index (χ4v) is 10.3. The highest BCUT2D eigenvalue weighted by atomic mass is 15.2. The second kappa shape index (κ2) is 20.2. The van der Waals surface area contributed by atoms with Crippen LogP contribution in [-0.4, -0.2) is 0 Å². The largest absolute Gasteiger partial charge is 0.309 e. The van der Waals surface area contributed by atoms with Crippen LogP contribution in [0.1, 0.15) is 19.4 Å². The molecular formula is C72H52N2. The zero-order valence-electron chi connectivity index (χ0n) is 46.5. The van der Waals surface area contributed by atoms with Gasteiger partial charge in [0.2, 0.25) is 0 Å². The Kier molecular flexibility index (Phi) is 10.6. The van der Waals surface area contributed by atoms with E-state index in [1.807, 2.05) is 48.5 Å². The number of benzene rings is 12. The molecule has 2 nitrogen and oxygen atoms in total. The molecule has 12 aromatic carbocycles. The molecule has 0 bridgehead atoms. The van der Waals surface area contributed by atoms with Crippen LogP contribution in [0, 0.1) is 0 Å². The molecule has 2 heteroatoms. The van der Waals surface area contributed by atoms with E-state index < -0.39 is 13.1 Å². The third-order valence-corrected chi connectivity index (χ3v) is 13.9. The molecule has 0 heterocycles. The van der Waals surface area contributed by atoms with Gasteiger partial charge in [-0.2, -0.15) is 0 Å². The van der Waals surface area contributed by atoms with Crippen molar-refractivity contribution in [1.29, 1.82) is 0 Å². The van der Waals surface area contributed by atoms with Crippen LogP contribution < -0.4 is 9.80 Å². The number of nitrogens with zero attached hydrogens (tertiary/aromatic N) is 2. The molecule has 74 heavy (non-hydrogen) atoms. The summed E-state index contributed by atoms with van der Waals surface area (Å²) >= 11 is 0. The molecule has 0 aliphatic carbocycles. The molecule has 0 aliphatic heterocycles. The highest BCUT2D eigenvalue weighted by Gasteiger charge is 2.23. The maximum atomic E-state index is 8.40. The predicted octanol–water partition coefficient (Wildman–Crippen LogP) is 20.6. The zero-order valence-corrected chi connectivity index (χ0v) is 40.5. The van der Waals surface area contributed by atoms with Crippen LogP contribution in [0.5, 0.6) is 0 Å². The van der Waals surface area contributed by atoms with Crippen molar-refractivity contribution >= 4 is 67.8 Å². The van der Waals surface area contributed by atoms with E-state index in [1.54, 1.807) is 12.1 Å². The first-order chi connectivity index (χ1) is 39.2. The molecule has 0 aromatic heterocycles. The third kappa shape index (κ3) is 8.87. The number of anilines is 6. The van der Waals surface area contributed by atoms with Crippen LogP contribution in [0.25, 0.3) is 89.3 Å². The minimum Gasteiger partial charge on any atom is -0.309 e. The summed E-state index contributed by atoms with van der Waals surface area (Å²) < 4.78 is 48.1. The lowest BCUT2D eigenvalue weighted by molar-refractivity contribution is 1.29. The molecule has 0 N–H and O–H groups in total. The van der Waals surface area contributed by atoms with Crippen molar-refractivity contribution in [3.63, 3.8) is 0 Å². The van der Waals surface area contributed by atoms with Crippen molar-refractivity contribution in [2.24, 2.45) is 0 Å². The smallest absolute Gasteiger partial charge is 0.0623 e. The van der Waals surface area contributed by atoms with Crippen molar-refractivity contribution < 1.29 is 8.22 Å². The number of hydrogen-bond donors (Lipinski definition) is 0. The normalized spacial score (nSPS) is 12.1. The molecule has 0 amide bonds. The van der Waals surface area contributed by atoms with Gasteiger partial charge in [-0.25, -0.2) is 0 Å². The summed E-state index contributed by atoms with van der Waals surface area (Å²) in [6.07, 6.45) is 0. The maximum Gasteiger partial charge on any atom is 0.0623 e. The topological polar surface area (TPSA) is 6.48 Å². The van der Waals surface area contributed by atoms with E-state index in [-0.39, 0.29) is 12.1 Å². The molecule has 0 spiro atoms. The molecule has 0 aliphatic rings. The Morgan fingerprint density at radius 1 is 0.284 bits per heavy atom.